The second-order valence-electron chi connectivity index (χ2n) is 3.02. The van der Waals surface area contributed by atoms with Crippen LogP contribution in [0.4, 0.5) is 0 Å². The highest BCUT2D eigenvalue weighted by molar-refractivity contribution is 14.1. The van der Waals surface area contributed by atoms with Crippen LogP contribution in [0.5, 0.6) is 0 Å². The first-order valence-electron chi connectivity index (χ1n) is 4.22. The molecule has 0 aliphatic rings. The van der Waals surface area contributed by atoms with Gasteiger partial charge < -0.3 is 5.11 Å². The lowest BCUT2D eigenvalue weighted by atomic mass is 10.1. The van der Waals surface area contributed by atoms with Crippen LogP contribution in [-0.2, 0) is 4.79 Å². The molecule has 0 heterocycles. The van der Waals surface area contributed by atoms with Gasteiger partial charge in [0.05, 0.1) is 0 Å². The number of halogens is 1. The molecule has 0 fully saturated rings. The Bertz CT molecular complexity index is 435. The highest BCUT2D eigenvalue weighted by atomic mass is 127. The number of carbonyl (C=O) groups excluding carboxylic acids is 1. The van der Waals surface area contributed by atoms with E-state index < -0.39 is 5.97 Å². The molecule has 0 aliphatic carbocycles. The van der Waals surface area contributed by atoms with Crippen molar-refractivity contribution < 1.29 is 14.7 Å². The van der Waals surface area contributed by atoms with E-state index in [2.05, 4.69) is 0 Å². The van der Waals surface area contributed by atoms with E-state index >= 15 is 0 Å². The van der Waals surface area contributed by atoms with Gasteiger partial charge in [0.1, 0.15) is 0 Å². The fourth-order valence-corrected chi connectivity index (χ4v) is 1.67. The van der Waals surface area contributed by atoms with Crippen molar-refractivity contribution in [2.75, 3.05) is 0 Å². The normalized spacial score (nSPS) is 10.5. The van der Waals surface area contributed by atoms with Crippen molar-refractivity contribution in [2.45, 2.75) is 6.92 Å². The zero-order chi connectivity index (χ0) is 11.4. The number of carboxylic acids is 1. The third-order valence-electron chi connectivity index (χ3n) is 1.76. The van der Waals surface area contributed by atoms with Crippen LogP contribution < -0.4 is 0 Å². The van der Waals surface area contributed by atoms with Crippen LogP contribution in [0.25, 0.3) is 0 Å². The number of hydrogen-bond acceptors (Lipinski definition) is 2. The van der Waals surface area contributed by atoms with Crippen LogP contribution in [0.1, 0.15) is 15.9 Å². The minimum Gasteiger partial charge on any atom is -0.478 e. The molecular formula is C11H9IO3. The van der Waals surface area contributed by atoms with Crippen molar-refractivity contribution in [3.63, 3.8) is 0 Å². The van der Waals surface area contributed by atoms with Gasteiger partial charge in [-0.25, -0.2) is 4.79 Å². The summed E-state index contributed by atoms with van der Waals surface area (Å²) in [5.74, 6) is -1.41. The fraction of sp³-hybridized carbons (Fsp3) is 0.0909. The number of aliphatic carboxylic acids is 1. The summed E-state index contributed by atoms with van der Waals surface area (Å²) in [6.45, 7) is 1.88. The number of carboxylic acid groups (broad SMARTS) is 1. The first-order valence-corrected chi connectivity index (χ1v) is 5.30. The molecular weight excluding hydrogens is 307 g/mol. The number of benzene rings is 1. The smallest absolute Gasteiger partial charge is 0.328 e. The summed E-state index contributed by atoms with van der Waals surface area (Å²) in [7, 11) is 0. The second-order valence-corrected chi connectivity index (χ2v) is 4.18. The Hall–Kier alpha value is -1.17. The average Bonchev–Trinajstić information content (AvgIpc) is 2.18. The van der Waals surface area contributed by atoms with Crippen LogP contribution in [-0.4, -0.2) is 16.9 Å². The van der Waals surface area contributed by atoms with Crippen molar-refractivity contribution in [3.05, 3.63) is 45.0 Å². The van der Waals surface area contributed by atoms with E-state index in [1.807, 2.05) is 41.6 Å². The predicted octanol–water partition coefficient (Wildman–Crippen LogP) is 2.42. The van der Waals surface area contributed by atoms with E-state index in [0.29, 0.717) is 5.56 Å². The Labute approximate surface area is 101 Å². The highest BCUT2D eigenvalue weighted by Gasteiger charge is 2.07. The molecule has 4 heteroatoms. The lowest BCUT2D eigenvalue weighted by Gasteiger charge is -2.01. The summed E-state index contributed by atoms with van der Waals surface area (Å²) in [6.07, 6.45) is 1.92. The van der Waals surface area contributed by atoms with Gasteiger partial charge in [-0.3, -0.25) is 4.79 Å². The minimum absolute atomic E-state index is 0.287. The van der Waals surface area contributed by atoms with Gasteiger partial charge in [0, 0.05) is 15.2 Å². The van der Waals surface area contributed by atoms with Crippen LogP contribution in [0.3, 0.4) is 0 Å². The van der Waals surface area contributed by atoms with Crippen LogP contribution in [0.2, 0.25) is 0 Å². The van der Waals surface area contributed by atoms with Crippen LogP contribution >= 0.6 is 22.6 Å². The third-order valence-corrected chi connectivity index (χ3v) is 2.71. The Morgan fingerprint density at radius 1 is 1.33 bits per heavy atom. The van der Waals surface area contributed by atoms with Crippen molar-refractivity contribution in [1.29, 1.82) is 0 Å². The monoisotopic (exact) mass is 316 g/mol. The molecule has 0 saturated carbocycles. The van der Waals surface area contributed by atoms with Crippen LogP contribution in [0, 0.1) is 10.5 Å². The summed E-state index contributed by atoms with van der Waals surface area (Å²) in [6, 6.07) is 5.48. The summed E-state index contributed by atoms with van der Waals surface area (Å²) >= 11 is 2.05. The largest absolute Gasteiger partial charge is 0.478 e. The highest BCUT2D eigenvalue weighted by Crippen LogP contribution is 2.15. The van der Waals surface area contributed by atoms with Gasteiger partial charge in [0.15, 0.2) is 5.78 Å². The Morgan fingerprint density at radius 2 is 2.00 bits per heavy atom. The van der Waals surface area contributed by atoms with E-state index in [1.54, 1.807) is 6.07 Å². The number of hydrogen-bond donors (Lipinski definition) is 1. The molecule has 0 aliphatic heterocycles. The van der Waals surface area contributed by atoms with Gasteiger partial charge in [-0.15, -0.1) is 0 Å². The van der Waals surface area contributed by atoms with Gasteiger partial charge in [-0.1, -0.05) is 11.6 Å². The molecule has 1 aromatic carbocycles. The van der Waals surface area contributed by atoms with E-state index in [-0.39, 0.29) is 5.78 Å². The predicted molar refractivity (Wildman–Crippen MR) is 65.0 cm³/mol. The summed E-state index contributed by atoms with van der Waals surface area (Å²) in [5, 5.41) is 8.39. The number of carbonyl (C=O) groups is 2. The molecule has 0 atom stereocenters. The SMILES string of the molecule is Cc1ccc(I)c(C(=O)/C=C/C(=O)O)c1. The number of rotatable bonds is 3. The molecule has 0 unspecified atom stereocenters. The maximum absolute atomic E-state index is 11.6. The molecule has 1 aromatic rings. The van der Waals surface area contributed by atoms with Crippen molar-refractivity contribution in [3.8, 4) is 0 Å². The fourth-order valence-electron chi connectivity index (χ4n) is 1.06. The second kappa shape index (κ2) is 5.06. The van der Waals surface area contributed by atoms with Crippen LogP contribution in [0.15, 0.2) is 30.4 Å². The van der Waals surface area contributed by atoms with E-state index in [4.69, 9.17) is 5.11 Å². The summed E-state index contributed by atoms with van der Waals surface area (Å²) in [4.78, 5) is 21.8. The molecule has 1 rings (SSSR count). The molecule has 15 heavy (non-hydrogen) atoms. The Balaban J connectivity index is 3.01. The molecule has 0 aromatic heterocycles. The Kier molecular flexibility index (Phi) is 4.02. The minimum atomic E-state index is -1.12. The van der Waals surface area contributed by atoms with Crippen molar-refractivity contribution >= 4 is 34.3 Å². The molecule has 0 amide bonds. The van der Waals surface area contributed by atoms with E-state index in [0.717, 1.165) is 21.3 Å². The zero-order valence-electron chi connectivity index (χ0n) is 8.03. The number of aryl methyl sites for hydroxylation is 1. The molecule has 0 radical (unpaired) electrons. The molecule has 0 bridgehead atoms. The van der Waals surface area contributed by atoms with Gasteiger partial charge in [0.25, 0.3) is 0 Å². The quantitative estimate of drug-likeness (QED) is 0.529. The zero-order valence-corrected chi connectivity index (χ0v) is 10.2. The van der Waals surface area contributed by atoms with E-state index in [1.165, 1.54) is 0 Å². The number of allylic oxidation sites excluding steroid dienone is 1. The average molecular weight is 316 g/mol. The summed E-state index contributed by atoms with van der Waals surface area (Å²) in [5.41, 5.74) is 1.51. The molecule has 1 N–H and O–H groups in total. The molecule has 0 spiro atoms. The third kappa shape index (κ3) is 3.47. The molecule has 3 nitrogen and oxygen atoms in total. The maximum Gasteiger partial charge on any atom is 0.328 e. The van der Waals surface area contributed by atoms with Crippen molar-refractivity contribution in [2.24, 2.45) is 0 Å². The maximum atomic E-state index is 11.6. The lowest BCUT2D eigenvalue weighted by Crippen LogP contribution is -2.00. The van der Waals surface area contributed by atoms with Gasteiger partial charge in [-0.05, 0) is 47.7 Å². The summed E-state index contributed by atoms with van der Waals surface area (Å²) < 4.78 is 0.818. The molecule has 78 valence electrons. The van der Waals surface area contributed by atoms with Gasteiger partial charge in [-0.2, -0.15) is 0 Å². The first kappa shape index (κ1) is 11.9. The first-order chi connectivity index (χ1) is 7.00. The standard InChI is InChI=1S/C11H9IO3/c1-7-2-3-9(12)8(6-7)10(13)4-5-11(14)15/h2-6H,1H3,(H,14,15)/b5-4+. The topological polar surface area (TPSA) is 54.4 Å². The van der Waals surface area contributed by atoms with Crippen molar-refractivity contribution in [1.82, 2.24) is 0 Å². The Morgan fingerprint density at radius 3 is 2.60 bits per heavy atom. The van der Waals surface area contributed by atoms with Gasteiger partial charge in [0.2, 0.25) is 0 Å². The molecule has 0 saturated heterocycles. The van der Waals surface area contributed by atoms with Gasteiger partial charge >= 0.3 is 5.97 Å². The number of ketones is 1. The lowest BCUT2D eigenvalue weighted by molar-refractivity contribution is -0.131. The van der Waals surface area contributed by atoms with E-state index in [9.17, 15) is 9.59 Å².